The van der Waals surface area contributed by atoms with Crippen molar-refractivity contribution in [3.63, 3.8) is 0 Å². The predicted molar refractivity (Wildman–Crippen MR) is 86.8 cm³/mol. The summed E-state index contributed by atoms with van der Waals surface area (Å²) < 4.78 is 0. The van der Waals surface area contributed by atoms with Crippen LogP contribution in [0.3, 0.4) is 0 Å². The second kappa shape index (κ2) is 5.25. The largest absolute Gasteiger partial charge is 0.112 e. The molecular weight excluding hydrogens is 248 g/mol. The van der Waals surface area contributed by atoms with Crippen LogP contribution in [0.15, 0.2) is 54.6 Å². The highest BCUT2D eigenvalue weighted by molar-refractivity contribution is 7.00. The highest BCUT2D eigenvalue weighted by atomic mass is 28.3. The first-order valence-electron chi connectivity index (χ1n) is 6.48. The Morgan fingerprint density at radius 3 is 1.72 bits per heavy atom. The molecule has 2 rings (SSSR count). The van der Waals surface area contributed by atoms with Crippen molar-refractivity contribution >= 4 is 32.4 Å². The minimum absolute atomic E-state index is 0.322. The van der Waals surface area contributed by atoms with Crippen LogP contribution in [0, 0.1) is 0 Å². The maximum Gasteiger partial charge on any atom is 0.112 e. The fourth-order valence-electron chi connectivity index (χ4n) is 2.24. The van der Waals surface area contributed by atoms with Crippen LogP contribution >= 0.6 is 0 Å². The number of hydrogen-bond acceptors (Lipinski definition) is 0. The Morgan fingerprint density at radius 1 is 0.722 bits per heavy atom. The molecule has 0 aromatic heterocycles. The van der Waals surface area contributed by atoms with Crippen LogP contribution in [0.2, 0.25) is 26.2 Å². The molecule has 0 fully saturated rings. The first kappa shape index (κ1) is 13.3. The molecule has 0 aliphatic rings. The Bertz CT molecular complexity index is 498. The van der Waals surface area contributed by atoms with Crippen molar-refractivity contribution in [2.75, 3.05) is 0 Å². The third-order valence-electron chi connectivity index (χ3n) is 3.68. The van der Waals surface area contributed by atoms with Crippen molar-refractivity contribution < 1.29 is 0 Å². The van der Waals surface area contributed by atoms with Gasteiger partial charge in [-0.2, -0.15) is 0 Å². The first-order chi connectivity index (χ1) is 8.51. The SMILES string of the molecule is C[Si](C)c1ccc([Si](C)(C)c2ccccc2)cc1. The standard InChI is InChI=1S/C16H21Si2/c1-17(2)14-10-12-16(13-11-14)18(3,4)15-8-6-5-7-9-15/h5-13H,1-4H3. The molecule has 0 aliphatic carbocycles. The molecule has 0 spiro atoms. The van der Waals surface area contributed by atoms with Crippen molar-refractivity contribution in [3.05, 3.63) is 54.6 Å². The number of rotatable bonds is 3. The van der Waals surface area contributed by atoms with Gasteiger partial charge in [0.1, 0.15) is 8.07 Å². The molecule has 2 aromatic carbocycles. The van der Waals surface area contributed by atoms with Crippen LogP contribution in [0.4, 0.5) is 0 Å². The normalized spacial score (nSPS) is 11.8. The molecule has 0 bridgehead atoms. The lowest BCUT2D eigenvalue weighted by Crippen LogP contribution is -2.53. The summed E-state index contributed by atoms with van der Waals surface area (Å²) in [6, 6.07) is 20.3. The molecule has 0 atom stereocenters. The lowest BCUT2D eigenvalue weighted by molar-refractivity contribution is 1.68. The van der Waals surface area contributed by atoms with Gasteiger partial charge in [-0.3, -0.25) is 0 Å². The maximum absolute atomic E-state index is 2.43. The van der Waals surface area contributed by atoms with Crippen LogP contribution < -0.4 is 15.6 Å². The summed E-state index contributed by atoms with van der Waals surface area (Å²) in [7, 11) is -1.82. The highest BCUT2D eigenvalue weighted by Crippen LogP contribution is 2.04. The van der Waals surface area contributed by atoms with Gasteiger partial charge in [0.05, 0.1) is 8.80 Å². The predicted octanol–water partition coefficient (Wildman–Crippen LogP) is 2.47. The lowest BCUT2D eigenvalue weighted by atomic mass is 10.4. The molecule has 2 aromatic rings. The Hall–Kier alpha value is -1.13. The molecule has 1 radical (unpaired) electrons. The monoisotopic (exact) mass is 269 g/mol. The van der Waals surface area contributed by atoms with Gasteiger partial charge in [0.2, 0.25) is 0 Å². The molecule has 0 saturated carbocycles. The minimum atomic E-state index is -1.50. The van der Waals surface area contributed by atoms with Crippen LogP contribution in [0.1, 0.15) is 0 Å². The Kier molecular flexibility index (Phi) is 3.88. The molecule has 0 heterocycles. The van der Waals surface area contributed by atoms with E-state index >= 15 is 0 Å². The van der Waals surface area contributed by atoms with Crippen molar-refractivity contribution in [2.45, 2.75) is 26.2 Å². The molecule has 0 nitrogen and oxygen atoms in total. The molecule has 0 saturated heterocycles. The van der Waals surface area contributed by atoms with E-state index in [1.165, 1.54) is 15.6 Å². The summed E-state index contributed by atoms with van der Waals surface area (Å²) in [4.78, 5) is 0. The summed E-state index contributed by atoms with van der Waals surface area (Å²) in [6.07, 6.45) is 0. The summed E-state index contributed by atoms with van der Waals surface area (Å²) in [5.41, 5.74) is 0. The van der Waals surface area contributed by atoms with Gasteiger partial charge in [-0.15, -0.1) is 0 Å². The van der Waals surface area contributed by atoms with Gasteiger partial charge in [-0.1, -0.05) is 96.3 Å². The van der Waals surface area contributed by atoms with Gasteiger partial charge in [0, 0.05) is 0 Å². The summed E-state index contributed by atoms with van der Waals surface area (Å²) >= 11 is 0. The molecule has 2 heteroatoms. The fraction of sp³-hybridized carbons (Fsp3) is 0.250. The van der Waals surface area contributed by atoms with Crippen molar-refractivity contribution in [2.24, 2.45) is 0 Å². The van der Waals surface area contributed by atoms with E-state index in [0.717, 1.165) is 0 Å². The smallest absolute Gasteiger partial charge is 0.0671 e. The zero-order valence-corrected chi connectivity index (χ0v) is 13.7. The molecular formula is C16H21Si2. The van der Waals surface area contributed by atoms with E-state index in [1.807, 2.05) is 0 Å². The van der Waals surface area contributed by atoms with Crippen molar-refractivity contribution in [1.29, 1.82) is 0 Å². The second-order valence-electron chi connectivity index (χ2n) is 5.57. The third kappa shape index (κ3) is 2.65. The Balaban J connectivity index is 2.36. The Morgan fingerprint density at radius 2 is 1.22 bits per heavy atom. The van der Waals surface area contributed by atoms with E-state index in [0.29, 0.717) is 0 Å². The van der Waals surface area contributed by atoms with Gasteiger partial charge in [-0.05, 0) is 0 Å². The van der Waals surface area contributed by atoms with Crippen molar-refractivity contribution in [3.8, 4) is 0 Å². The third-order valence-corrected chi connectivity index (χ3v) is 8.72. The summed E-state index contributed by atoms with van der Waals surface area (Å²) in [5.74, 6) is 0. The second-order valence-corrected chi connectivity index (χ2v) is 12.6. The molecule has 0 aliphatic heterocycles. The van der Waals surface area contributed by atoms with Crippen LogP contribution in [0.5, 0.6) is 0 Å². The van der Waals surface area contributed by atoms with E-state index in [9.17, 15) is 0 Å². The van der Waals surface area contributed by atoms with Gasteiger partial charge < -0.3 is 0 Å². The number of benzene rings is 2. The van der Waals surface area contributed by atoms with Crippen LogP contribution in [-0.4, -0.2) is 16.9 Å². The van der Waals surface area contributed by atoms with Gasteiger partial charge in [-0.25, -0.2) is 0 Å². The highest BCUT2D eigenvalue weighted by Gasteiger charge is 2.25. The fourth-order valence-corrected chi connectivity index (χ4v) is 5.43. The van der Waals surface area contributed by atoms with E-state index in [4.69, 9.17) is 0 Å². The quantitative estimate of drug-likeness (QED) is 0.751. The zero-order valence-electron chi connectivity index (χ0n) is 11.7. The summed E-state index contributed by atoms with van der Waals surface area (Å²) in [6.45, 7) is 9.56. The van der Waals surface area contributed by atoms with Crippen LogP contribution in [-0.2, 0) is 0 Å². The molecule has 0 N–H and O–H groups in total. The first-order valence-corrected chi connectivity index (χ1v) is 12.0. The maximum atomic E-state index is 2.43. The average Bonchev–Trinajstić information content (AvgIpc) is 2.40. The van der Waals surface area contributed by atoms with E-state index in [2.05, 4.69) is 80.8 Å². The van der Waals surface area contributed by atoms with Gasteiger partial charge >= 0.3 is 0 Å². The topological polar surface area (TPSA) is 0 Å². The van der Waals surface area contributed by atoms with E-state index in [-0.39, 0.29) is 8.80 Å². The Labute approximate surface area is 113 Å². The zero-order chi connectivity index (χ0) is 13.2. The lowest BCUT2D eigenvalue weighted by Gasteiger charge is -2.24. The summed E-state index contributed by atoms with van der Waals surface area (Å²) in [5, 5.41) is 4.57. The number of hydrogen-bond donors (Lipinski definition) is 0. The van der Waals surface area contributed by atoms with E-state index < -0.39 is 8.07 Å². The average molecular weight is 270 g/mol. The van der Waals surface area contributed by atoms with Gasteiger partial charge in [0.25, 0.3) is 0 Å². The van der Waals surface area contributed by atoms with Gasteiger partial charge in [0.15, 0.2) is 0 Å². The molecule has 0 amide bonds. The molecule has 0 unspecified atom stereocenters. The van der Waals surface area contributed by atoms with E-state index in [1.54, 1.807) is 0 Å². The minimum Gasteiger partial charge on any atom is -0.0671 e. The van der Waals surface area contributed by atoms with Crippen molar-refractivity contribution in [1.82, 2.24) is 0 Å². The van der Waals surface area contributed by atoms with Crippen LogP contribution in [0.25, 0.3) is 0 Å². The molecule has 18 heavy (non-hydrogen) atoms. The molecule has 93 valence electrons.